The topological polar surface area (TPSA) is 15.3 Å². The Labute approximate surface area is 123 Å². The van der Waals surface area contributed by atoms with E-state index < -0.39 is 0 Å². The Kier molecular flexibility index (Phi) is 4.62. The molecule has 2 aliphatic heterocycles. The highest BCUT2D eigenvalue weighted by Crippen LogP contribution is 2.29. The van der Waals surface area contributed by atoms with Crippen molar-refractivity contribution < 1.29 is 0 Å². The SMILES string of the molecule is CC1Cc2ccccc2N(CCCC2CCCNC2)C1. The molecule has 0 saturated carbocycles. The maximum Gasteiger partial charge on any atom is 0.0398 e. The second-order valence-corrected chi connectivity index (χ2v) is 6.74. The summed E-state index contributed by atoms with van der Waals surface area (Å²) in [7, 11) is 0. The number of nitrogens with zero attached hydrogens (tertiary/aromatic N) is 1. The number of para-hydroxylation sites is 1. The first-order chi connectivity index (χ1) is 9.83. The molecule has 2 nitrogen and oxygen atoms in total. The molecule has 2 heterocycles. The predicted octanol–water partition coefficient (Wildman–Crippen LogP) is 3.47. The molecule has 2 heteroatoms. The van der Waals surface area contributed by atoms with Crippen molar-refractivity contribution in [3.63, 3.8) is 0 Å². The Morgan fingerprint density at radius 2 is 2.20 bits per heavy atom. The third-order valence-electron chi connectivity index (χ3n) is 4.87. The summed E-state index contributed by atoms with van der Waals surface area (Å²) in [5, 5.41) is 3.53. The van der Waals surface area contributed by atoms with E-state index in [0.717, 1.165) is 11.8 Å². The Morgan fingerprint density at radius 1 is 1.30 bits per heavy atom. The largest absolute Gasteiger partial charge is 0.371 e. The Hall–Kier alpha value is -1.02. The van der Waals surface area contributed by atoms with Crippen molar-refractivity contribution in [1.82, 2.24) is 5.32 Å². The van der Waals surface area contributed by atoms with Gasteiger partial charge in [-0.2, -0.15) is 0 Å². The smallest absolute Gasteiger partial charge is 0.0398 e. The van der Waals surface area contributed by atoms with Crippen LogP contribution < -0.4 is 10.2 Å². The number of piperidine rings is 1. The molecule has 1 saturated heterocycles. The number of hydrogen-bond donors (Lipinski definition) is 1. The summed E-state index contributed by atoms with van der Waals surface area (Å²) in [5.74, 6) is 1.71. The molecule has 0 bridgehead atoms. The lowest BCUT2D eigenvalue weighted by Crippen LogP contribution is -2.35. The van der Waals surface area contributed by atoms with Crippen LogP contribution in [0.3, 0.4) is 0 Å². The number of nitrogens with one attached hydrogen (secondary N) is 1. The van der Waals surface area contributed by atoms with Gasteiger partial charge >= 0.3 is 0 Å². The van der Waals surface area contributed by atoms with Crippen LogP contribution in [0.4, 0.5) is 5.69 Å². The zero-order valence-corrected chi connectivity index (χ0v) is 12.8. The van der Waals surface area contributed by atoms with Crippen molar-refractivity contribution >= 4 is 5.69 Å². The van der Waals surface area contributed by atoms with E-state index in [9.17, 15) is 0 Å². The number of fused-ring (bicyclic) bond motifs is 1. The van der Waals surface area contributed by atoms with Gasteiger partial charge in [0.15, 0.2) is 0 Å². The lowest BCUT2D eigenvalue weighted by Gasteiger charge is -2.35. The van der Waals surface area contributed by atoms with E-state index in [1.54, 1.807) is 5.56 Å². The van der Waals surface area contributed by atoms with E-state index >= 15 is 0 Å². The third-order valence-corrected chi connectivity index (χ3v) is 4.87. The average molecular weight is 272 g/mol. The zero-order valence-electron chi connectivity index (χ0n) is 12.8. The van der Waals surface area contributed by atoms with Crippen molar-refractivity contribution in [2.24, 2.45) is 11.8 Å². The van der Waals surface area contributed by atoms with E-state index in [1.807, 2.05) is 0 Å². The lowest BCUT2D eigenvalue weighted by molar-refractivity contribution is 0.350. The van der Waals surface area contributed by atoms with E-state index in [1.165, 1.54) is 64.0 Å². The molecule has 1 aromatic carbocycles. The van der Waals surface area contributed by atoms with Crippen LogP contribution in [0.2, 0.25) is 0 Å². The van der Waals surface area contributed by atoms with Crippen LogP contribution >= 0.6 is 0 Å². The maximum atomic E-state index is 3.53. The van der Waals surface area contributed by atoms with Crippen LogP contribution in [0.15, 0.2) is 24.3 Å². The maximum absolute atomic E-state index is 3.53. The molecule has 1 aromatic rings. The van der Waals surface area contributed by atoms with E-state index in [-0.39, 0.29) is 0 Å². The molecule has 0 aromatic heterocycles. The molecule has 0 aliphatic carbocycles. The fourth-order valence-corrected chi connectivity index (χ4v) is 3.86. The summed E-state index contributed by atoms with van der Waals surface area (Å²) < 4.78 is 0. The van der Waals surface area contributed by atoms with Crippen LogP contribution in [-0.2, 0) is 6.42 Å². The van der Waals surface area contributed by atoms with E-state index in [0.29, 0.717) is 0 Å². The second-order valence-electron chi connectivity index (χ2n) is 6.74. The first kappa shape index (κ1) is 13.9. The van der Waals surface area contributed by atoms with Crippen molar-refractivity contribution in [3.05, 3.63) is 29.8 Å². The van der Waals surface area contributed by atoms with Crippen LogP contribution in [0.25, 0.3) is 0 Å². The van der Waals surface area contributed by atoms with Crippen LogP contribution in [0.1, 0.15) is 38.2 Å². The van der Waals surface area contributed by atoms with Crippen LogP contribution in [0.5, 0.6) is 0 Å². The van der Waals surface area contributed by atoms with Crippen molar-refractivity contribution in [2.45, 2.75) is 39.0 Å². The minimum atomic E-state index is 0.793. The van der Waals surface area contributed by atoms with Crippen molar-refractivity contribution in [1.29, 1.82) is 0 Å². The minimum absolute atomic E-state index is 0.793. The number of rotatable bonds is 4. The highest BCUT2D eigenvalue weighted by Gasteiger charge is 2.21. The van der Waals surface area contributed by atoms with Crippen molar-refractivity contribution in [2.75, 3.05) is 31.1 Å². The second kappa shape index (κ2) is 6.62. The highest BCUT2D eigenvalue weighted by atomic mass is 15.1. The first-order valence-electron chi connectivity index (χ1n) is 8.36. The molecule has 3 rings (SSSR count). The first-order valence-corrected chi connectivity index (χ1v) is 8.36. The summed E-state index contributed by atoms with van der Waals surface area (Å²) in [4.78, 5) is 2.62. The molecule has 2 aliphatic rings. The number of benzene rings is 1. The number of hydrogen-bond acceptors (Lipinski definition) is 2. The normalized spacial score (nSPS) is 26.4. The summed E-state index contributed by atoms with van der Waals surface area (Å²) in [6.07, 6.45) is 6.78. The lowest BCUT2D eigenvalue weighted by atomic mass is 9.92. The molecule has 1 fully saturated rings. The standard InChI is InChI=1S/C18H28N2/c1-15-12-17-8-2-3-9-18(17)20(14-15)11-5-7-16-6-4-10-19-13-16/h2-3,8-9,15-16,19H,4-7,10-14H2,1H3. The quantitative estimate of drug-likeness (QED) is 0.903. The average Bonchev–Trinajstić information content (AvgIpc) is 2.48. The molecule has 2 atom stereocenters. The van der Waals surface area contributed by atoms with Crippen molar-refractivity contribution in [3.8, 4) is 0 Å². The minimum Gasteiger partial charge on any atom is -0.371 e. The van der Waals surface area contributed by atoms with E-state index in [4.69, 9.17) is 0 Å². The Balaban J connectivity index is 1.54. The van der Waals surface area contributed by atoms with Crippen LogP contribution in [0, 0.1) is 11.8 Å². The molecule has 0 radical (unpaired) electrons. The van der Waals surface area contributed by atoms with E-state index in [2.05, 4.69) is 41.4 Å². The molecular weight excluding hydrogens is 244 g/mol. The molecule has 0 amide bonds. The predicted molar refractivity (Wildman–Crippen MR) is 86.4 cm³/mol. The van der Waals surface area contributed by atoms with Gasteiger partial charge in [0.05, 0.1) is 0 Å². The van der Waals surface area contributed by atoms with Gasteiger partial charge in [0.1, 0.15) is 0 Å². The van der Waals surface area contributed by atoms with Crippen LogP contribution in [-0.4, -0.2) is 26.2 Å². The molecule has 110 valence electrons. The molecule has 0 spiro atoms. The summed E-state index contributed by atoms with van der Waals surface area (Å²) in [5.41, 5.74) is 3.04. The Bertz CT molecular complexity index is 423. The van der Waals surface area contributed by atoms with Gasteiger partial charge in [-0.1, -0.05) is 25.1 Å². The van der Waals surface area contributed by atoms with Gasteiger partial charge in [-0.05, 0) is 68.7 Å². The summed E-state index contributed by atoms with van der Waals surface area (Å²) >= 11 is 0. The van der Waals surface area contributed by atoms with Gasteiger partial charge in [0.2, 0.25) is 0 Å². The fourth-order valence-electron chi connectivity index (χ4n) is 3.86. The summed E-state index contributed by atoms with van der Waals surface area (Å²) in [6, 6.07) is 8.99. The fraction of sp³-hybridized carbons (Fsp3) is 0.667. The Morgan fingerprint density at radius 3 is 3.05 bits per heavy atom. The van der Waals surface area contributed by atoms with Gasteiger partial charge < -0.3 is 10.2 Å². The van der Waals surface area contributed by atoms with Gasteiger partial charge in [-0.15, -0.1) is 0 Å². The van der Waals surface area contributed by atoms with Gasteiger partial charge in [0, 0.05) is 18.8 Å². The zero-order chi connectivity index (χ0) is 13.8. The van der Waals surface area contributed by atoms with Gasteiger partial charge in [-0.3, -0.25) is 0 Å². The molecule has 20 heavy (non-hydrogen) atoms. The monoisotopic (exact) mass is 272 g/mol. The summed E-state index contributed by atoms with van der Waals surface area (Å²) in [6.45, 7) is 7.33. The highest BCUT2D eigenvalue weighted by molar-refractivity contribution is 5.55. The molecular formula is C18H28N2. The third kappa shape index (κ3) is 3.35. The van der Waals surface area contributed by atoms with Gasteiger partial charge in [-0.25, -0.2) is 0 Å². The molecule has 1 N–H and O–H groups in total. The van der Waals surface area contributed by atoms with Gasteiger partial charge in [0.25, 0.3) is 0 Å². The molecule has 2 unspecified atom stereocenters. The number of anilines is 1.